The number of para-hydroxylation sites is 6. The maximum atomic E-state index is 3.58. The second kappa shape index (κ2) is 22.9. The molecular weight excluding hydrogens is 1140 g/mol. The van der Waals surface area contributed by atoms with Crippen LogP contribution in [-0.2, 0) is 0 Å². The molecule has 14 aromatic carbocycles. The standard InChI is InChI=1S/C42H28N2.C24H16N2.C18H13Br/c1-3-11-29(12-4-1)30-19-21-31(22-20-30)32-23-25-34(26-24-32)44-40-18-10-8-16-36(40)38-27-37-35-15-7-9-17-39(35)43(41(37)28-42(38)44)33-13-5-2-6-14-33;1-2-8-16(9-3-1)26-23-13-7-5-11-18(23)20-14-19-17-10-4-6-12-21(17)25-22(19)15-24(20)26;19-18-12-10-17(11-13-18)16-8-6-15(7-9-16)14-4-2-1-3-5-14/h1-28H;1-15,25H;1-13H. The summed E-state index contributed by atoms with van der Waals surface area (Å²) in [7, 11) is 0. The number of aromatic nitrogens is 4. The Morgan fingerprint density at radius 1 is 0.191 bits per heavy atom. The smallest absolute Gasteiger partial charge is 0.0562 e. The Labute approximate surface area is 524 Å². The maximum Gasteiger partial charge on any atom is 0.0562 e. The molecule has 18 rings (SSSR count). The zero-order chi connectivity index (χ0) is 59.2. The summed E-state index contributed by atoms with van der Waals surface area (Å²) in [6.45, 7) is 0. The number of benzene rings is 14. The van der Waals surface area contributed by atoms with Crippen LogP contribution in [-0.4, -0.2) is 18.7 Å². The molecule has 420 valence electrons. The van der Waals surface area contributed by atoms with Crippen molar-refractivity contribution in [2.75, 3.05) is 0 Å². The molecule has 0 aliphatic heterocycles. The molecule has 0 saturated heterocycles. The number of nitrogens with zero attached hydrogens (tertiary/aromatic N) is 3. The summed E-state index contributed by atoms with van der Waals surface area (Å²) >= 11 is 3.46. The molecule has 4 heterocycles. The average molecular weight is 1200 g/mol. The number of hydrogen-bond acceptors (Lipinski definition) is 0. The van der Waals surface area contributed by atoms with Gasteiger partial charge in [-0.25, -0.2) is 0 Å². The SMILES string of the molecule is Brc1ccc(-c2ccc(-c3ccccc3)cc2)cc1.c1ccc(-c2ccc(-c3ccc(-n4c5ccccc5c5cc6c7ccccc7n(-c7ccccc7)c6cc54)cc3)cc2)cc1.c1ccc(-n2c3ccccc3c3cc4c(cc32)[nH]c2ccccc24)cc1. The van der Waals surface area contributed by atoms with E-state index in [1.165, 1.54) is 143 Å². The molecule has 89 heavy (non-hydrogen) atoms. The number of H-pyrrole nitrogens is 1. The summed E-state index contributed by atoms with van der Waals surface area (Å²) in [5, 5.41) is 10.2. The van der Waals surface area contributed by atoms with Crippen molar-refractivity contribution in [2.45, 2.75) is 0 Å². The molecule has 1 N–H and O–H groups in total. The van der Waals surface area contributed by atoms with E-state index in [1.807, 2.05) is 6.07 Å². The van der Waals surface area contributed by atoms with Crippen molar-refractivity contribution in [3.63, 3.8) is 0 Å². The highest BCUT2D eigenvalue weighted by Crippen LogP contribution is 2.41. The van der Waals surface area contributed by atoms with Gasteiger partial charge in [0.1, 0.15) is 0 Å². The van der Waals surface area contributed by atoms with Crippen molar-refractivity contribution in [3.8, 4) is 61.6 Å². The van der Waals surface area contributed by atoms with Crippen LogP contribution in [0.4, 0.5) is 0 Å². The van der Waals surface area contributed by atoms with Crippen molar-refractivity contribution >= 4 is 103 Å². The van der Waals surface area contributed by atoms with Gasteiger partial charge in [0.15, 0.2) is 0 Å². The minimum absolute atomic E-state index is 1.11. The second-order valence-corrected chi connectivity index (χ2v) is 23.6. The summed E-state index contributed by atoms with van der Waals surface area (Å²) in [5.41, 5.74) is 23.1. The first-order valence-electron chi connectivity index (χ1n) is 30.2. The fraction of sp³-hybridized carbons (Fsp3) is 0. The van der Waals surface area contributed by atoms with Crippen molar-refractivity contribution in [1.82, 2.24) is 18.7 Å². The van der Waals surface area contributed by atoms with Crippen LogP contribution in [0.1, 0.15) is 0 Å². The summed E-state index contributed by atoms with van der Waals surface area (Å²) in [5.74, 6) is 0. The number of nitrogens with one attached hydrogen (secondary N) is 1. The van der Waals surface area contributed by atoms with E-state index in [1.54, 1.807) is 0 Å². The Morgan fingerprint density at radius 2 is 0.483 bits per heavy atom. The normalized spacial score (nSPS) is 11.4. The van der Waals surface area contributed by atoms with Gasteiger partial charge in [-0.3, -0.25) is 0 Å². The van der Waals surface area contributed by atoms with E-state index in [0.29, 0.717) is 0 Å². The largest absolute Gasteiger partial charge is 0.354 e. The van der Waals surface area contributed by atoms with Crippen LogP contribution in [0.5, 0.6) is 0 Å². The van der Waals surface area contributed by atoms with Gasteiger partial charge >= 0.3 is 0 Å². The molecule has 0 saturated carbocycles. The van der Waals surface area contributed by atoms with Gasteiger partial charge in [-0.15, -0.1) is 0 Å². The number of fused-ring (bicyclic) bond motifs is 12. The first kappa shape index (κ1) is 53.2. The highest BCUT2D eigenvalue weighted by molar-refractivity contribution is 9.10. The van der Waals surface area contributed by atoms with Crippen molar-refractivity contribution in [2.24, 2.45) is 0 Å². The lowest BCUT2D eigenvalue weighted by Gasteiger charge is -2.11. The molecule has 5 heteroatoms. The molecule has 0 amide bonds. The number of hydrogen-bond donors (Lipinski definition) is 1. The Hall–Kier alpha value is -11.2. The summed E-state index contributed by atoms with van der Waals surface area (Å²) in [6, 6.07) is 121. The molecule has 0 unspecified atom stereocenters. The first-order valence-corrected chi connectivity index (χ1v) is 31.0. The van der Waals surface area contributed by atoms with Crippen LogP contribution < -0.4 is 0 Å². The summed E-state index contributed by atoms with van der Waals surface area (Å²) in [6.07, 6.45) is 0. The zero-order valence-corrected chi connectivity index (χ0v) is 50.1. The highest BCUT2D eigenvalue weighted by Gasteiger charge is 2.19. The topological polar surface area (TPSA) is 30.6 Å². The molecular formula is C84H57BrN4. The fourth-order valence-corrected chi connectivity index (χ4v) is 13.4. The quantitative estimate of drug-likeness (QED) is 0.165. The van der Waals surface area contributed by atoms with E-state index in [0.717, 1.165) is 10.2 Å². The predicted molar refractivity (Wildman–Crippen MR) is 381 cm³/mol. The lowest BCUT2D eigenvalue weighted by atomic mass is 10.0. The molecule has 0 fully saturated rings. The maximum absolute atomic E-state index is 3.58. The Balaban J connectivity index is 0.000000119. The van der Waals surface area contributed by atoms with Crippen LogP contribution in [0, 0.1) is 0 Å². The molecule has 4 nitrogen and oxygen atoms in total. The lowest BCUT2D eigenvalue weighted by molar-refractivity contribution is 1.16. The van der Waals surface area contributed by atoms with E-state index in [2.05, 4.69) is 368 Å². The first-order chi connectivity index (χ1) is 44.1. The van der Waals surface area contributed by atoms with E-state index in [9.17, 15) is 0 Å². The van der Waals surface area contributed by atoms with Crippen molar-refractivity contribution in [3.05, 3.63) is 344 Å². The lowest BCUT2D eigenvalue weighted by Crippen LogP contribution is -1.95. The average Bonchev–Trinajstić information content (AvgIpc) is 1.63. The van der Waals surface area contributed by atoms with Gasteiger partial charge < -0.3 is 18.7 Å². The van der Waals surface area contributed by atoms with E-state index in [4.69, 9.17) is 0 Å². The van der Waals surface area contributed by atoms with E-state index in [-0.39, 0.29) is 0 Å². The Morgan fingerprint density at radius 3 is 0.899 bits per heavy atom. The van der Waals surface area contributed by atoms with Gasteiger partial charge in [0, 0.05) is 75.7 Å². The third-order valence-corrected chi connectivity index (χ3v) is 17.9. The Kier molecular flexibility index (Phi) is 13.7. The van der Waals surface area contributed by atoms with Crippen LogP contribution in [0.3, 0.4) is 0 Å². The van der Waals surface area contributed by atoms with Gasteiger partial charge in [-0.1, -0.05) is 259 Å². The molecule has 0 aliphatic rings. The molecule has 0 bridgehead atoms. The monoisotopic (exact) mass is 1200 g/mol. The molecule has 18 aromatic rings. The number of rotatable bonds is 7. The van der Waals surface area contributed by atoms with Gasteiger partial charge in [-0.2, -0.15) is 0 Å². The number of halogens is 1. The van der Waals surface area contributed by atoms with E-state index >= 15 is 0 Å². The third kappa shape index (κ3) is 9.84. The van der Waals surface area contributed by atoms with Crippen LogP contribution >= 0.6 is 15.9 Å². The minimum atomic E-state index is 1.11. The predicted octanol–water partition coefficient (Wildman–Crippen LogP) is 23.4. The minimum Gasteiger partial charge on any atom is -0.354 e. The summed E-state index contributed by atoms with van der Waals surface area (Å²) < 4.78 is 8.28. The molecule has 0 aliphatic carbocycles. The van der Waals surface area contributed by atoms with Crippen LogP contribution in [0.2, 0.25) is 0 Å². The zero-order valence-electron chi connectivity index (χ0n) is 48.6. The van der Waals surface area contributed by atoms with Gasteiger partial charge in [0.25, 0.3) is 0 Å². The van der Waals surface area contributed by atoms with Crippen LogP contribution in [0.25, 0.3) is 149 Å². The number of aromatic amines is 1. The second-order valence-electron chi connectivity index (χ2n) is 22.6. The molecule has 0 radical (unpaired) electrons. The van der Waals surface area contributed by atoms with Gasteiger partial charge in [-0.05, 0) is 142 Å². The van der Waals surface area contributed by atoms with Gasteiger partial charge in [0.05, 0.1) is 33.1 Å². The fourth-order valence-electron chi connectivity index (χ4n) is 13.1. The van der Waals surface area contributed by atoms with Crippen molar-refractivity contribution in [1.29, 1.82) is 0 Å². The third-order valence-electron chi connectivity index (χ3n) is 17.4. The highest BCUT2D eigenvalue weighted by atomic mass is 79.9. The van der Waals surface area contributed by atoms with Crippen LogP contribution in [0.15, 0.2) is 344 Å². The van der Waals surface area contributed by atoms with Gasteiger partial charge in [0.2, 0.25) is 0 Å². The van der Waals surface area contributed by atoms with Crippen molar-refractivity contribution < 1.29 is 0 Å². The molecule has 0 spiro atoms. The Bertz CT molecular complexity index is 5550. The summed E-state index contributed by atoms with van der Waals surface area (Å²) in [4.78, 5) is 3.58. The molecule has 4 aromatic heterocycles. The van der Waals surface area contributed by atoms with E-state index < -0.39 is 0 Å². The molecule has 0 atom stereocenters.